The van der Waals surface area contributed by atoms with E-state index in [1.54, 1.807) is 6.20 Å². The first kappa shape index (κ1) is 11.1. The van der Waals surface area contributed by atoms with Crippen LogP contribution in [0.4, 0.5) is 11.5 Å². The highest BCUT2D eigenvalue weighted by Crippen LogP contribution is 2.22. The Balaban J connectivity index is 2.32. The van der Waals surface area contributed by atoms with Crippen LogP contribution in [0.25, 0.3) is 11.1 Å². The number of rotatable bonds is 2. The molecule has 17 heavy (non-hydrogen) atoms. The van der Waals surface area contributed by atoms with E-state index in [1.807, 2.05) is 36.4 Å². The predicted octanol–water partition coefficient (Wildman–Crippen LogP) is 2.29. The maximum absolute atomic E-state index is 10.9. The first-order valence-corrected chi connectivity index (χ1v) is 5.25. The number of aromatic nitrogens is 1. The number of amides is 1. The van der Waals surface area contributed by atoms with Crippen LogP contribution in [-0.2, 0) is 4.79 Å². The molecule has 1 amide bonds. The SMILES string of the molecule is CC(=O)Nc1cc(-c2ccc(N)cc2)ccn1. The molecule has 0 atom stereocenters. The van der Waals surface area contributed by atoms with E-state index in [1.165, 1.54) is 6.92 Å². The van der Waals surface area contributed by atoms with E-state index in [0.717, 1.165) is 16.8 Å². The Kier molecular flexibility index (Phi) is 3.05. The van der Waals surface area contributed by atoms with Crippen LogP contribution in [0.3, 0.4) is 0 Å². The van der Waals surface area contributed by atoms with Gasteiger partial charge in [0, 0.05) is 18.8 Å². The lowest BCUT2D eigenvalue weighted by molar-refractivity contribution is -0.114. The molecule has 0 radical (unpaired) electrons. The highest BCUT2D eigenvalue weighted by atomic mass is 16.1. The lowest BCUT2D eigenvalue weighted by Crippen LogP contribution is -2.07. The van der Waals surface area contributed by atoms with Crippen molar-refractivity contribution in [3.63, 3.8) is 0 Å². The number of hydrogen-bond donors (Lipinski definition) is 2. The molecule has 2 aromatic rings. The Morgan fingerprint density at radius 3 is 2.53 bits per heavy atom. The number of pyridine rings is 1. The number of carbonyl (C=O) groups excluding carboxylic acids is 1. The maximum atomic E-state index is 10.9. The molecule has 0 aliphatic carbocycles. The number of nitrogens with two attached hydrogens (primary N) is 1. The van der Waals surface area contributed by atoms with Crippen LogP contribution in [0.2, 0.25) is 0 Å². The quantitative estimate of drug-likeness (QED) is 0.773. The fraction of sp³-hybridized carbons (Fsp3) is 0.0769. The lowest BCUT2D eigenvalue weighted by atomic mass is 10.1. The van der Waals surface area contributed by atoms with Gasteiger partial charge in [-0.25, -0.2) is 4.98 Å². The molecule has 0 spiro atoms. The van der Waals surface area contributed by atoms with E-state index in [9.17, 15) is 4.79 Å². The van der Waals surface area contributed by atoms with Crippen molar-refractivity contribution in [2.75, 3.05) is 11.1 Å². The molecule has 2 rings (SSSR count). The Hall–Kier alpha value is -2.36. The zero-order valence-corrected chi connectivity index (χ0v) is 9.47. The third-order valence-corrected chi connectivity index (χ3v) is 2.31. The van der Waals surface area contributed by atoms with Crippen molar-refractivity contribution in [1.29, 1.82) is 0 Å². The average molecular weight is 227 g/mol. The number of nitrogens with one attached hydrogen (secondary N) is 1. The van der Waals surface area contributed by atoms with Crippen molar-refractivity contribution in [3.8, 4) is 11.1 Å². The van der Waals surface area contributed by atoms with Gasteiger partial charge in [0.2, 0.25) is 5.91 Å². The predicted molar refractivity (Wildman–Crippen MR) is 68.4 cm³/mol. The number of anilines is 2. The van der Waals surface area contributed by atoms with Gasteiger partial charge in [0.05, 0.1) is 0 Å². The van der Waals surface area contributed by atoms with Crippen LogP contribution in [0.1, 0.15) is 6.92 Å². The zero-order chi connectivity index (χ0) is 12.3. The first-order valence-electron chi connectivity index (χ1n) is 5.25. The largest absolute Gasteiger partial charge is 0.399 e. The number of nitrogen functional groups attached to an aromatic ring is 1. The van der Waals surface area contributed by atoms with Crippen molar-refractivity contribution < 1.29 is 4.79 Å². The molecule has 86 valence electrons. The molecule has 0 fully saturated rings. The molecule has 0 aliphatic heterocycles. The van der Waals surface area contributed by atoms with Gasteiger partial charge in [-0.15, -0.1) is 0 Å². The molecule has 0 aliphatic rings. The second kappa shape index (κ2) is 4.65. The molecule has 4 heteroatoms. The Bertz CT molecular complexity index is 535. The summed E-state index contributed by atoms with van der Waals surface area (Å²) in [6.07, 6.45) is 1.66. The smallest absolute Gasteiger partial charge is 0.222 e. The van der Waals surface area contributed by atoms with Gasteiger partial charge in [-0.2, -0.15) is 0 Å². The van der Waals surface area contributed by atoms with Gasteiger partial charge in [0.25, 0.3) is 0 Å². The van der Waals surface area contributed by atoms with Gasteiger partial charge >= 0.3 is 0 Å². The molecule has 1 heterocycles. The fourth-order valence-corrected chi connectivity index (χ4v) is 1.53. The summed E-state index contributed by atoms with van der Waals surface area (Å²) < 4.78 is 0. The van der Waals surface area contributed by atoms with Crippen LogP contribution in [0, 0.1) is 0 Å². The summed E-state index contributed by atoms with van der Waals surface area (Å²) >= 11 is 0. The fourth-order valence-electron chi connectivity index (χ4n) is 1.53. The summed E-state index contributed by atoms with van der Waals surface area (Å²) in [7, 11) is 0. The van der Waals surface area contributed by atoms with Crippen LogP contribution in [-0.4, -0.2) is 10.9 Å². The topological polar surface area (TPSA) is 68.0 Å². The summed E-state index contributed by atoms with van der Waals surface area (Å²) in [6.45, 7) is 1.46. The van der Waals surface area contributed by atoms with Crippen molar-refractivity contribution in [3.05, 3.63) is 42.6 Å². The molecular formula is C13H13N3O. The normalized spacial score (nSPS) is 9.94. The van der Waals surface area contributed by atoms with Crippen molar-refractivity contribution in [2.45, 2.75) is 6.92 Å². The van der Waals surface area contributed by atoms with E-state index in [4.69, 9.17) is 5.73 Å². The van der Waals surface area contributed by atoms with Crippen LogP contribution in [0.15, 0.2) is 42.6 Å². The molecular weight excluding hydrogens is 214 g/mol. The van der Waals surface area contributed by atoms with Gasteiger partial charge in [-0.05, 0) is 35.4 Å². The van der Waals surface area contributed by atoms with Gasteiger partial charge in [-0.3, -0.25) is 4.79 Å². The molecule has 0 bridgehead atoms. The van der Waals surface area contributed by atoms with Gasteiger partial charge < -0.3 is 11.1 Å². The van der Waals surface area contributed by atoms with E-state index in [0.29, 0.717) is 5.82 Å². The minimum absolute atomic E-state index is 0.132. The van der Waals surface area contributed by atoms with Gasteiger partial charge in [0.15, 0.2) is 0 Å². The summed E-state index contributed by atoms with van der Waals surface area (Å²) in [5.74, 6) is 0.416. The Morgan fingerprint density at radius 1 is 1.18 bits per heavy atom. The average Bonchev–Trinajstić information content (AvgIpc) is 2.29. The van der Waals surface area contributed by atoms with Crippen molar-refractivity contribution in [2.24, 2.45) is 0 Å². The van der Waals surface area contributed by atoms with Crippen molar-refractivity contribution in [1.82, 2.24) is 4.98 Å². The summed E-state index contributed by atoms with van der Waals surface area (Å²) in [6, 6.07) is 11.3. The van der Waals surface area contributed by atoms with E-state index in [2.05, 4.69) is 10.3 Å². The third kappa shape index (κ3) is 2.81. The lowest BCUT2D eigenvalue weighted by Gasteiger charge is -2.05. The van der Waals surface area contributed by atoms with E-state index < -0.39 is 0 Å². The standard InChI is InChI=1S/C13H13N3O/c1-9(17)16-13-8-11(6-7-15-13)10-2-4-12(14)5-3-10/h2-8H,14H2,1H3,(H,15,16,17). The molecule has 0 saturated carbocycles. The highest BCUT2D eigenvalue weighted by molar-refractivity contribution is 5.88. The number of nitrogens with zero attached hydrogens (tertiary/aromatic N) is 1. The number of benzene rings is 1. The second-order valence-corrected chi connectivity index (χ2v) is 3.73. The minimum Gasteiger partial charge on any atom is -0.399 e. The second-order valence-electron chi connectivity index (χ2n) is 3.73. The first-order chi connectivity index (χ1) is 8.15. The third-order valence-electron chi connectivity index (χ3n) is 2.31. The summed E-state index contributed by atoms with van der Waals surface area (Å²) in [5.41, 5.74) is 8.38. The Labute approximate surface area is 99.5 Å². The molecule has 1 aromatic heterocycles. The molecule has 4 nitrogen and oxygen atoms in total. The monoisotopic (exact) mass is 227 g/mol. The number of hydrogen-bond acceptors (Lipinski definition) is 3. The molecule has 0 unspecified atom stereocenters. The zero-order valence-electron chi connectivity index (χ0n) is 9.47. The van der Waals surface area contributed by atoms with Crippen molar-refractivity contribution >= 4 is 17.4 Å². The van der Waals surface area contributed by atoms with Gasteiger partial charge in [0.1, 0.15) is 5.82 Å². The Morgan fingerprint density at radius 2 is 1.88 bits per heavy atom. The van der Waals surface area contributed by atoms with Crippen LogP contribution < -0.4 is 11.1 Å². The van der Waals surface area contributed by atoms with Crippen LogP contribution in [0.5, 0.6) is 0 Å². The minimum atomic E-state index is -0.132. The highest BCUT2D eigenvalue weighted by Gasteiger charge is 2.01. The molecule has 1 aromatic carbocycles. The van der Waals surface area contributed by atoms with E-state index in [-0.39, 0.29) is 5.91 Å². The van der Waals surface area contributed by atoms with Gasteiger partial charge in [-0.1, -0.05) is 12.1 Å². The molecule has 3 N–H and O–H groups in total. The van der Waals surface area contributed by atoms with E-state index >= 15 is 0 Å². The maximum Gasteiger partial charge on any atom is 0.222 e. The summed E-state index contributed by atoms with van der Waals surface area (Å²) in [5, 5.41) is 2.65. The molecule has 0 saturated heterocycles. The summed E-state index contributed by atoms with van der Waals surface area (Å²) in [4.78, 5) is 15.0. The number of carbonyl (C=O) groups is 1. The van der Waals surface area contributed by atoms with Crippen LogP contribution >= 0.6 is 0 Å².